The molecule has 0 aliphatic rings. The van der Waals surface area contributed by atoms with Crippen molar-refractivity contribution in [3.63, 3.8) is 0 Å². The Kier molecular flexibility index (Phi) is 6.41. The Labute approximate surface area is 90.6 Å². The number of hydrogen-bond donors (Lipinski definition) is 4. The van der Waals surface area contributed by atoms with E-state index in [0.29, 0.717) is 0 Å². The van der Waals surface area contributed by atoms with Crippen molar-refractivity contribution in [1.29, 1.82) is 0 Å². The lowest BCUT2D eigenvalue weighted by Gasteiger charge is -2.07. The van der Waals surface area contributed by atoms with Gasteiger partial charge in [-0.15, -0.1) is 0 Å². The molecule has 7 nitrogen and oxygen atoms in total. The van der Waals surface area contributed by atoms with Gasteiger partial charge in [0.05, 0.1) is 0 Å². The van der Waals surface area contributed by atoms with E-state index in [0.717, 1.165) is 0 Å². The van der Waals surface area contributed by atoms with E-state index in [4.69, 9.17) is 20.4 Å². The Morgan fingerprint density at radius 3 is 1.38 bits per heavy atom. The highest BCUT2D eigenvalue weighted by atomic mass is 16.4. The van der Waals surface area contributed by atoms with Crippen LogP contribution in [0, 0.1) is 0 Å². The molecule has 0 saturated heterocycles. The summed E-state index contributed by atoms with van der Waals surface area (Å²) >= 11 is 0. The highest BCUT2D eigenvalue weighted by Gasteiger charge is 2.29. The van der Waals surface area contributed by atoms with Crippen molar-refractivity contribution in [2.24, 2.45) is 0 Å². The lowest BCUT2D eigenvalue weighted by molar-refractivity contribution is -0.165. The number of aliphatic carboxylic acids is 2. The van der Waals surface area contributed by atoms with Crippen molar-refractivity contribution in [1.82, 2.24) is 4.98 Å². The first-order valence-corrected chi connectivity index (χ1v) is 4.13. The largest absolute Gasteiger partial charge is 0.479 e. The van der Waals surface area contributed by atoms with E-state index < -0.39 is 24.1 Å². The van der Waals surface area contributed by atoms with Gasteiger partial charge in [0.1, 0.15) is 0 Å². The van der Waals surface area contributed by atoms with Crippen molar-refractivity contribution in [3.8, 4) is 0 Å². The molecule has 1 aromatic rings. The predicted octanol–water partition coefficient (Wildman–Crippen LogP) is -1.04. The predicted molar refractivity (Wildman–Crippen MR) is 51.5 cm³/mol. The number of carboxylic acids is 2. The van der Waals surface area contributed by atoms with E-state index in [2.05, 4.69) is 4.98 Å². The second-order valence-electron chi connectivity index (χ2n) is 2.59. The van der Waals surface area contributed by atoms with E-state index in [1.807, 2.05) is 18.2 Å². The molecule has 0 aromatic carbocycles. The van der Waals surface area contributed by atoms with Crippen LogP contribution in [0.5, 0.6) is 0 Å². The van der Waals surface area contributed by atoms with E-state index in [1.54, 1.807) is 12.4 Å². The SMILES string of the molecule is O=C(O)C(O)C(O)C(=O)O.c1ccncc1. The van der Waals surface area contributed by atoms with Crippen LogP contribution in [0.4, 0.5) is 0 Å². The maximum absolute atomic E-state index is 9.77. The first-order chi connectivity index (χ1) is 7.46. The molecule has 1 aromatic heterocycles. The Balaban J connectivity index is 0.000000315. The van der Waals surface area contributed by atoms with Gasteiger partial charge < -0.3 is 20.4 Å². The van der Waals surface area contributed by atoms with Gasteiger partial charge in [-0.05, 0) is 12.1 Å². The summed E-state index contributed by atoms with van der Waals surface area (Å²) in [5.41, 5.74) is 0. The number of rotatable bonds is 3. The van der Waals surface area contributed by atoms with Gasteiger partial charge in [0, 0.05) is 12.4 Å². The molecule has 1 rings (SSSR count). The van der Waals surface area contributed by atoms with Gasteiger partial charge in [-0.2, -0.15) is 0 Å². The highest BCUT2D eigenvalue weighted by Crippen LogP contribution is 1.92. The summed E-state index contributed by atoms with van der Waals surface area (Å²) in [5, 5.41) is 32.5. The molecule has 0 radical (unpaired) electrons. The quantitative estimate of drug-likeness (QED) is 0.521. The van der Waals surface area contributed by atoms with Crippen LogP contribution in [0.3, 0.4) is 0 Å². The molecule has 0 amide bonds. The minimum absolute atomic E-state index is 1.75. The van der Waals surface area contributed by atoms with Crippen LogP contribution in [0.2, 0.25) is 0 Å². The highest BCUT2D eigenvalue weighted by molar-refractivity contribution is 5.83. The Bertz CT molecular complexity index is 283. The van der Waals surface area contributed by atoms with Crippen molar-refractivity contribution in [2.75, 3.05) is 0 Å². The molecule has 88 valence electrons. The van der Waals surface area contributed by atoms with E-state index in [-0.39, 0.29) is 0 Å². The zero-order chi connectivity index (χ0) is 12.6. The molecule has 2 atom stereocenters. The molecule has 7 heteroatoms. The number of aliphatic hydroxyl groups is 2. The number of aliphatic hydroxyl groups excluding tert-OH is 2. The van der Waals surface area contributed by atoms with Gasteiger partial charge in [-0.1, -0.05) is 6.07 Å². The number of hydrogen-bond acceptors (Lipinski definition) is 5. The maximum Gasteiger partial charge on any atom is 0.335 e. The molecule has 4 N–H and O–H groups in total. The van der Waals surface area contributed by atoms with Crippen LogP contribution in [0.1, 0.15) is 0 Å². The Hall–Kier alpha value is -1.99. The first kappa shape index (κ1) is 14.0. The maximum atomic E-state index is 9.77. The summed E-state index contributed by atoms with van der Waals surface area (Å²) in [6.45, 7) is 0. The van der Waals surface area contributed by atoms with E-state index in [9.17, 15) is 9.59 Å². The number of aromatic nitrogens is 1. The second-order valence-corrected chi connectivity index (χ2v) is 2.59. The van der Waals surface area contributed by atoms with Crippen molar-refractivity contribution in [3.05, 3.63) is 30.6 Å². The van der Waals surface area contributed by atoms with Crippen LogP contribution in [-0.4, -0.2) is 49.6 Å². The lowest BCUT2D eigenvalue weighted by atomic mass is 10.2. The zero-order valence-electron chi connectivity index (χ0n) is 8.09. The van der Waals surface area contributed by atoms with Crippen molar-refractivity contribution < 1.29 is 30.0 Å². The fraction of sp³-hybridized carbons (Fsp3) is 0.222. The summed E-state index contributed by atoms with van der Waals surface area (Å²) < 4.78 is 0. The fourth-order valence-electron chi connectivity index (χ4n) is 0.583. The van der Waals surface area contributed by atoms with Crippen LogP contribution in [0.25, 0.3) is 0 Å². The molecular formula is C9H11NO6. The second kappa shape index (κ2) is 7.32. The smallest absolute Gasteiger partial charge is 0.335 e. The lowest BCUT2D eigenvalue weighted by Crippen LogP contribution is -2.39. The molecule has 16 heavy (non-hydrogen) atoms. The van der Waals surface area contributed by atoms with Gasteiger partial charge in [-0.25, -0.2) is 9.59 Å². The van der Waals surface area contributed by atoms with Gasteiger partial charge in [-0.3, -0.25) is 4.98 Å². The number of nitrogens with zero attached hydrogens (tertiary/aromatic N) is 1. The number of carbonyl (C=O) groups is 2. The van der Waals surface area contributed by atoms with Gasteiger partial charge in [0.15, 0.2) is 12.2 Å². The van der Waals surface area contributed by atoms with Crippen LogP contribution < -0.4 is 0 Å². The molecule has 0 bridgehead atoms. The van der Waals surface area contributed by atoms with Crippen molar-refractivity contribution >= 4 is 11.9 Å². The Morgan fingerprint density at radius 2 is 1.25 bits per heavy atom. The first-order valence-electron chi connectivity index (χ1n) is 4.13. The molecule has 0 aliphatic heterocycles. The average Bonchev–Trinajstić information content (AvgIpc) is 2.30. The van der Waals surface area contributed by atoms with E-state index >= 15 is 0 Å². The molecule has 0 spiro atoms. The minimum atomic E-state index is -2.27. The molecule has 2 unspecified atom stereocenters. The average molecular weight is 229 g/mol. The monoisotopic (exact) mass is 229 g/mol. The summed E-state index contributed by atoms with van der Waals surface area (Å²) in [5.74, 6) is -3.54. The summed E-state index contributed by atoms with van der Waals surface area (Å²) in [4.78, 5) is 23.3. The topological polar surface area (TPSA) is 128 Å². The Morgan fingerprint density at radius 1 is 0.875 bits per heavy atom. The zero-order valence-corrected chi connectivity index (χ0v) is 8.09. The number of pyridine rings is 1. The summed E-state index contributed by atoms with van der Waals surface area (Å²) in [7, 11) is 0. The summed E-state index contributed by atoms with van der Waals surface area (Å²) in [6.07, 6.45) is -1.03. The van der Waals surface area contributed by atoms with Crippen LogP contribution >= 0.6 is 0 Å². The van der Waals surface area contributed by atoms with Gasteiger partial charge >= 0.3 is 11.9 Å². The normalized spacial score (nSPS) is 12.9. The minimum Gasteiger partial charge on any atom is -0.479 e. The fourth-order valence-corrected chi connectivity index (χ4v) is 0.583. The van der Waals surface area contributed by atoms with E-state index in [1.165, 1.54) is 0 Å². The van der Waals surface area contributed by atoms with Gasteiger partial charge in [0.25, 0.3) is 0 Å². The standard InChI is InChI=1S/C5H5N.C4H6O6/c1-2-4-6-5-3-1;5-1(3(7)8)2(6)4(9)10/h1-5H;1-2,5-6H,(H,7,8)(H,9,10). The molecule has 0 fully saturated rings. The molecular weight excluding hydrogens is 218 g/mol. The third-order valence-electron chi connectivity index (χ3n) is 1.37. The molecule has 0 aliphatic carbocycles. The third kappa shape index (κ3) is 5.68. The summed E-state index contributed by atoms with van der Waals surface area (Å²) in [6, 6.07) is 5.72. The van der Waals surface area contributed by atoms with Crippen molar-refractivity contribution in [2.45, 2.75) is 12.2 Å². The third-order valence-corrected chi connectivity index (χ3v) is 1.37. The van der Waals surface area contributed by atoms with Gasteiger partial charge in [0.2, 0.25) is 0 Å². The molecule has 0 saturated carbocycles. The molecule has 1 heterocycles. The van der Waals surface area contributed by atoms with Crippen LogP contribution in [-0.2, 0) is 9.59 Å². The number of carboxylic acid groups (broad SMARTS) is 2. The van der Waals surface area contributed by atoms with Crippen LogP contribution in [0.15, 0.2) is 30.6 Å².